The molecular formula is C14H18F3NO3. The molecule has 0 N–H and O–H groups in total. The summed E-state index contributed by atoms with van der Waals surface area (Å²) in [5.74, 6) is -0.388. The Kier molecular flexibility index (Phi) is 5.57. The van der Waals surface area contributed by atoms with Crippen molar-refractivity contribution in [2.45, 2.75) is 39.4 Å². The van der Waals surface area contributed by atoms with Crippen molar-refractivity contribution in [3.05, 3.63) is 34.2 Å². The normalized spacial score (nSPS) is 13.3. The second-order valence-electron chi connectivity index (χ2n) is 5.19. The van der Waals surface area contributed by atoms with E-state index in [2.05, 4.69) is 0 Å². The summed E-state index contributed by atoms with van der Waals surface area (Å²) in [6.07, 6.45) is -3.29. The van der Waals surface area contributed by atoms with Crippen molar-refractivity contribution in [1.82, 2.24) is 4.57 Å². The van der Waals surface area contributed by atoms with Gasteiger partial charge in [-0.25, -0.2) is 4.79 Å². The fourth-order valence-corrected chi connectivity index (χ4v) is 1.60. The Morgan fingerprint density at radius 3 is 2.43 bits per heavy atom. The summed E-state index contributed by atoms with van der Waals surface area (Å²) in [5.41, 5.74) is -1.67. The smallest absolute Gasteiger partial charge is 0.417 e. The molecule has 0 fully saturated rings. The monoisotopic (exact) mass is 305 g/mol. The van der Waals surface area contributed by atoms with Gasteiger partial charge in [0.15, 0.2) is 0 Å². The molecule has 0 amide bonds. The van der Waals surface area contributed by atoms with E-state index in [9.17, 15) is 22.8 Å². The lowest BCUT2D eigenvalue weighted by Gasteiger charge is -2.16. The van der Waals surface area contributed by atoms with Crippen molar-refractivity contribution >= 4 is 5.97 Å². The molecule has 0 aliphatic carbocycles. The zero-order chi connectivity index (χ0) is 16.2. The Labute approximate surface area is 120 Å². The molecule has 1 rings (SSSR count). The quantitative estimate of drug-likeness (QED) is 0.786. The summed E-state index contributed by atoms with van der Waals surface area (Å²) >= 11 is 0. The molecule has 4 nitrogen and oxygen atoms in total. The summed E-state index contributed by atoms with van der Waals surface area (Å²) in [5, 5.41) is 0. The molecule has 1 aromatic heterocycles. The Hall–Kier alpha value is -1.79. The molecule has 0 aliphatic rings. The summed E-state index contributed by atoms with van der Waals surface area (Å²) < 4.78 is 43.6. The molecule has 0 radical (unpaired) electrons. The number of rotatable bonds is 5. The molecule has 0 bridgehead atoms. The molecule has 1 heterocycles. The third-order valence-corrected chi connectivity index (χ3v) is 2.96. The van der Waals surface area contributed by atoms with E-state index >= 15 is 0 Å². The maximum absolute atomic E-state index is 12.6. The number of halogens is 3. The molecule has 21 heavy (non-hydrogen) atoms. The number of carbonyl (C=O) groups is 1. The van der Waals surface area contributed by atoms with Crippen molar-refractivity contribution in [1.29, 1.82) is 0 Å². The third-order valence-electron chi connectivity index (χ3n) is 2.96. The number of hydrogen-bond acceptors (Lipinski definition) is 3. The fraction of sp³-hybridized carbons (Fsp3) is 0.571. The fourth-order valence-electron chi connectivity index (χ4n) is 1.60. The van der Waals surface area contributed by atoms with Crippen molar-refractivity contribution in [2.24, 2.45) is 5.92 Å². The highest BCUT2D eigenvalue weighted by atomic mass is 19.4. The van der Waals surface area contributed by atoms with Crippen molar-refractivity contribution in [2.75, 3.05) is 6.61 Å². The van der Waals surface area contributed by atoms with Gasteiger partial charge in [-0.05, 0) is 25.3 Å². The first kappa shape index (κ1) is 17.3. The van der Waals surface area contributed by atoms with Gasteiger partial charge < -0.3 is 9.30 Å². The number of alkyl halides is 3. The SMILES string of the molecule is CC(C)CCOC(=O)C(C)n1cc(C(F)(F)F)ccc1=O. The van der Waals surface area contributed by atoms with Gasteiger partial charge in [-0.2, -0.15) is 13.2 Å². The van der Waals surface area contributed by atoms with Crippen molar-refractivity contribution < 1.29 is 22.7 Å². The molecule has 0 spiro atoms. The Morgan fingerprint density at radius 2 is 1.90 bits per heavy atom. The largest absolute Gasteiger partial charge is 0.464 e. The number of ether oxygens (including phenoxy) is 1. The van der Waals surface area contributed by atoms with Crippen LogP contribution in [-0.2, 0) is 15.7 Å². The van der Waals surface area contributed by atoms with Crippen molar-refractivity contribution in [3.63, 3.8) is 0 Å². The summed E-state index contributed by atoms with van der Waals surface area (Å²) in [6.45, 7) is 5.41. The van der Waals surface area contributed by atoms with Crippen LogP contribution in [0.5, 0.6) is 0 Å². The van der Waals surface area contributed by atoms with Crippen LogP contribution in [0.2, 0.25) is 0 Å². The number of aromatic nitrogens is 1. The molecule has 1 atom stereocenters. The number of carbonyl (C=O) groups excluding carboxylic acids is 1. The Morgan fingerprint density at radius 1 is 1.29 bits per heavy atom. The minimum Gasteiger partial charge on any atom is -0.464 e. The lowest BCUT2D eigenvalue weighted by Crippen LogP contribution is -2.30. The van der Waals surface area contributed by atoms with Gasteiger partial charge in [0.25, 0.3) is 5.56 Å². The molecule has 118 valence electrons. The number of esters is 1. The third kappa shape index (κ3) is 4.91. The zero-order valence-corrected chi connectivity index (χ0v) is 12.1. The van der Waals surface area contributed by atoms with Crippen LogP contribution >= 0.6 is 0 Å². The molecule has 1 unspecified atom stereocenters. The second kappa shape index (κ2) is 6.78. The van der Waals surface area contributed by atoms with E-state index in [0.717, 1.165) is 10.6 Å². The number of hydrogen-bond donors (Lipinski definition) is 0. The van der Waals surface area contributed by atoms with Crippen LogP contribution < -0.4 is 5.56 Å². The molecule has 1 aromatic rings. The second-order valence-corrected chi connectivity index (χ2v) is 5.19. The van der Waals surface area contributed by atoms with Crippen LogP contribution in [-0.4, -0.2) is 17.1 Å². The molecule has 0 saturated heterocycles. The van der Waals surface area contributed by atoms with Gasteiger partial charge in [0, 0.05) is 12.3 Å². The van der Waals surface area contributed by atoms with Crippen LogP contribution in [0.25, 0.3) is 0 Å². The van der Waals surface area contributed by atoms with Gasteiger partial charge in [-0.1, -0.05) is 13.8 Å². The minimum absolute atomic E-state index is 0.175. The minimum atomic E-state index is -4.57. The predicted octanol–water partition coefficient (Wildman–Crippen LogP) is 3.02. The topological polar surface area (TPSA) is 48.3 Å². The predicted molar refractivity (Wildman–Crippen MR) is 70.8 cm³/mol. The number of nitrogens with zero attached hydrogens (tertiary/aromatic N) is 1. The van der Waals surface area contributed by atoms with E-state index < -0.39 is 29.3 Å². The van der Waals surface area contributed by atoms with Gasteiger partial charge in [0.1, 0.15) is 6.04 Å². The molecule has 0 aromatic carbocycles. The van der Waals surface area contributed by atoms with Gasteiger partial charge in [-0.15, -0.1) is 0 Å². The van der Waals surface area contributed by atoms with E-state index in [4.69, 9.17) is 4.74 Å². The first-order valence-corrected chi connectivity index (χ1v) is 6.59. The lowest BCUT2D eigenvalue weighted by atomic mass is 10.1. The van der Waals surface area contributed by atoms with Gasteiger partial charge in [-0.3, -0.25) is 4.79 Å². The van der Waals surface area contributed by atoms with Crippen LogP contribution in [0.3, 0.4) is 0 Å². The average Bonchev–Trinajstić information content (AvgIpc) is 2.36. The van der Waals surface area contributed by atoms with E-state index in [-0.39, 0.29) is 6.61 Å². The zero-order valence-electron chi connectivity index (χ0n) is 12.1. The molecule has 0 saturated carbocycles. The summed E-state index contributed by atoms with van der Waals surface area (Å²) in [7, 11) is 0. The Bertz CT molecular complexity index is 549. The highest BCUT2D eigenvalue weighted by Crippen LogP contribution is 2.28. The van der Waals surface area contributed by atoms with E-state index in [1.807, 2.05) is 13.8 Å². The highest BCUT2D eigenvalue weighted by molar-refractivity contribution is 5.73. The first-order chi connectivity index (χ1) is 9.62. The molecular weight excluding hydrogens is 287 g/mol. The van der Waals surface area contributed by atoms with Gasteiger partial charge in [0.05, 0.1) is 12.2 Å². The van der Waals surface area contributed by atoms with E-state index in [0.29, 0.717) is 24.6 Å². The highest BCUT2D eigenvalue weighted by Gasteiger charge is 2.32. The number of pyridine rings is 1. The maximum Gasteiger partial charge on any atom is 0.417 e. The van der Waals surface area contributed by atoms with Crippen LogP contribution in [0, 0.1) is 5.92 Å². The summed E-state index contributed by atoms with van der Waals surface area (Å²) in [4.78, 5) is 23.4. The maximum atomic E-state index is 12.6. The van der Waals surface area contributed by atoms with Crippen LogP contribution in [0.4, 0.5) is 13.2 Å². The average molecular weight is 305 g/mol. The van der Waals surface area contributed by atoms with Gasteiger partial charge in [0.2, 0.25) is 0 Å². The first-order valence-electron chi connectivity index (χ1n) is 6.59. The van der Waals surface area contributed by atoms with E-state index in [1.54, 1.807) is 0 Å². The molecule has 7 heteroatoms. The standard InChI is InChI=1S/C14H18F3NO3/c1-9(2)6-7-21-13(20)10(3)18-8-11(14(15,16)17)4-5-12(18)19/h4-5,8-10H,6-7H2,1-3H3. The van der Waals surface area contributed by atoms with E-state index in [1.165, 1.54) is 6.92 Å². The Balaban J connectivity index is 2.89. The lowest BCUT2D eigenvalue weighted by molar-refractivity contribution is -0.148. The molecule has 0 aliphatic heterocycles. The van der Waals surface area contributed by atoms with Crippen LogP contribution in [0.15, 0.2) is 23.1 Å². The van der Waals surface area contributed by atoms with Gasteiger partial charge >= 0.3 is 12.1 Å². The summed E-state index contributed by atoms with van der Waals surface area (Å²) in [6, 6.07) is 0.378. The van der Waals surface area contributed by atoms with Crippen molar-refractivity contribution in [3.8, 4) is 0 Å². The van der Waals surface area contributed by atoms with Crippen LogP contribution in [0.1, 0.15) is 38.8 Å².